The highest BCUT2D eigenvalue weighted by Gasteiger charge is 2.19. The van der Waals surface area contributed by atoms with Gasteiger partial charge in [0.1, 0.15) is 0 Å². The van der Waals surface area contributed by atoms with Gasteiger partial charge in [0.15, 0.2) is 23.0 Å². The lowest BCUT2D eigenvalue weighted by molar-refractivity contribution is 0.276. The summed E-state index contributed by atoms with van der Waals surface area (Å²) in [5, 5.41) is 0. The molecular formula is C20H27O8P. The summed E-state index contributed by atoms with van der Waals surface area (Å²) < 4.78 is 36.8. The van der Waals surface area contributed by atoms with E-state index >= 15 is 0 Å². The van der Waals surface area contributed by atoms with E-state index in [1.54, 1.807) is 36.4 Å². The second-order valence-corrected chi connectivity index (χ2v) is 6.45. The zero-order valence-electron chi connectivity index (χ0n) is 17.3. The van der Waals surface area contributed by atoms with Crippen LogP contribution in [0, 0.1) is 0 Å². The van der Waals surface area contributed by atoms with Crippen LogP contribution in [0.5, 0.6) is 28.7 Å². The van der Waals surface area contributed by atoms with Gasteiger partial charge in [0.25, 0.3) is 0 Å². The molecule has 0 saturated heterocycles. The van der Waals surface area contributed by atoms with Crippen molar-refractivity contribution in [3.05, 3.63) is 41.5 Å². The maximum atomic E-state index is 11.1. The fourth-order valence-corrected chi connectivity index (χ4v) is 2.79. The lowest BCUT2D eigenvalue weighted by atomic mass is 10.1. The van der Waals surface area contributed by atoms with Gasteiger partial charge in [-0.15, -0.1) is 0 Å². The summed E-state index contributed by atoms with van der Waals surface area (Å²) in [5.41, 5.74) is 1.42. The van der Waals surface area contributed by atoms with Crippen LogP contribution in [0.1, 0.15) is 25.0 Å². The standard InChI is InChI=1S/C18H21O8P.C2H6/c1-22-14-8-7-12(9-15(14)26-27(19,20)21)5-6-13-10-16(23-2)18(25-4)17(11-13)24-3;1-2/h5-11H,1-4H3,(H2,19,20,21);1-2H3/b6-5-;. The molecule has 0 bridgehead atoms. The van der Waals surface area contributed by atoms with Crippen LogP contribution in [-0.4, -0.2) is 38.2 Å². The van der Waals surface area contributed by atoms with Crippen LogP contribution >= 0.6 is 7.82 Å². The average Bonchev–Trinajstić information content (AvgIpc) is 2.71. The van der Waals surface area contributed by atoms with Gasteiger partial charge in [-0.2, -0.15) is 0 Å². The van der Waals surface area contributed by atoms with Crippen LogP contribution in [0.2, 0.25) is 0 Å². The number of phosphoric acid groups is 1. The predicted octanol–water partition coefficient (Wildman–Crippen LogP) is 4.39. The zero-order valence-corrected chi connectivity index (χ0v) is 18.2. The van der Waals surface area contributed by atoms with Gasteiger partial charge < -0.3 is 23.5 Å². The molecule has 29 heavy (non-hydrogen) atoms. The van der Waals surface area contributed by atoms with Crippen molar-refractivity contribution >= 4 is 20.0 Å². The number of hydrogen-bond donors (Lipinski definition) is 2. The van der Waals surface area contributed by atoms with Crippen molar-refractivity contribution in [2.45, 2.75) is 13.8 Å². The molecule has 0 atom stereocenters. The first-order valence-corrected chi connectivity index (χ1v) is 10.3. The zero-order chi connectivity index (χ0) is 22.0. The molecular weight excluding hydrogens is 399 g/mol. The molecule has 0 aliphatic heterocycles. The van der Waals surface area contributed by atoms with E-state index in [1.807, 2.05) is 13.8 Å². The Labute approximate surface area is 170 Å². The highest BCUT2D eigenvalue weighted by Crippen LogP contribution is 2.42. The van der Waals surface area contributed by atoms with Crippen LogP contribution in [0.3, 0.4) is 0 Å². The van der Waals surface area contributed by atoms with E-state index in [2.05, 4.69) is 4.52 Å². The van der Waals surface area contributed by atoms with Gasteiger partial charge >= 0.3 is 7.82 Å². The third-order valence-corrected chi connectivity index (χ3v) is 3.99. The van der Waals surface area contributed by atoms with Crippen molar-refractivity contribution in [1.82, 2.24) is 0 Å². The van der Waals surface area contributed by atoms with Crippen molar-refractivity contribution < 1.29 is 37.8 Å². The Morgan fingerprint density at radius 2 is 1.21 bits per heavy atom. The van der Waals surface area contributed by atoms with Gasteiger partial charge in [0, 0.05) is 0 Å². The number of benzene rings is 2. The minimum absolute atomic E-state index is 0.0575. The molecule has 160 valence electrons. The predicted molar refractivity (Wildman–Crippen MR) is 112 cm³/mol. The molecule has 0 aliphatic rings. The molecule has 0 aliphatic carbocycles. The number of ether oxygens (including phenoxy) is 4. The van der Waals surface area contributed by atoms with Crippen molar-refractivity contribution in [2.24, 2.45) is 0 Å². The third-order valence-electron chi connectivity index (χ3n) is 3.56. The summed E-state index contributed by atoms with van der Waals surface area (Å²) in [5.74, 6) is 1.66. The van der Waals surface area contributed by atoms with Crippen LogP contribution in [0.15, 0.2) is 30.3 Å². The molecule has 0 spiro atoms. The van der Waals surface area contributed by atoms with Gasteiger partial charge in [0.2, 0.25) is 5.75 Å². The highest BCUT2D eigenvalue weighted by molar-refractivity contribution is 7.46. The number of methoxy groups -OCH3 is 4. The van der Waals surface area contributed by atoms with Gasteiger partial charge in [-0.25, -0.2) is 4.57 Å². The number of hydrogen-bond acceptors (Lipinski definition) is 6. The summed E-state index contributed by atoms with van der Waals surface area (Å²) in [6, 6.07) is 8.29. The lowest BCUT2D eigenvalue weighted by Crippen LogP contribution is -1.95. The first-order chi connectivity index (χ1) is 13.8. The Hall–Kier alpha value is -2.67. The fourth-order valence-electron chi connectivity index (χ4n) is 2.39. The summed E-state index contributed by atoms with van der Waals surface area (Å²) in [6.45, 7) is 4.00. The molecule has 0 heterocycles. The van der Waals surface area contributed by atoms with Crippen molar-refractivity contribution in [3.63, 3.8) is 0 Å². The minimum Gasteiger partial charge on any atom is -0.493 e. The van der Waals surface area contributed by atoms with Crippen LogP contribution in [0.4, 0.5) is 0 Å². The van der Waals surface area contributed by atoms with E-state index in [0.717, 1.165) is 5.56 Å². The quantitative estimate of drug-likeness (QED) is 0.473. The van der Waals surface area contributed by atoms with Gasteiger partial charge in [-0.1, -0.05) is 32.1 Å². The molecule has 0 unspecified atom stereocenters. The van der Waals surface area contributed by atoms with Gasteiger partial charge in [0.05, 0.1) is 28.4 Å². The van der Waals surface area contributed by atoms with E-state index in [0.29, 0.717) is 22.8 Å². The Bertz CT molecular complexity index is 848. The highest BCUT2D eigenvalue weighted by atomic mass is 31.2. The second-order valence-electron chi connectivity index (χ2n) is 5.28. The molecule has 2 aromatic rings. The van der Waals surface area contributed by atoms with Crippen molar-refractivity contribution in [1.29, 1.82) is 0 Å². The number of phosphoric ester groups is 1. The first-order valence-electron chi connectivity index (χ1n) is 8.72. The lowest BCUT2D eigenvalue weighted by Gasteiger charge is -2.13. The number of rotatable bonds is 8. The Morgan fingerprint density at radius 1 is 0.724 bits per heavy atom. The van der Waals surface area contributed by atoms with E-state index in [-0.39, 0.29) is 11.5 Å². The molecule has 0 fully saturated rings. The largest absolute Gasteiger partial charge is 0.524 e. The summed E-state index contributed by atoms with van der Waals surface area (Å²) in [7, 11) is 1.26. The van der Waals surface area contributed by atoms with Crippen LogP contribution in [-0.2, 0) is 4.57 Å². The molecule has 2 rings (SSSR count). The molecule has 2 N–H and O–H groups in total. The smallest absolute Gasteiger partial charge is 0.493 e. The fraction of sp³-hybridized carbons (Fsp3) is 0.300. The van der Waals surface area contributed by atoms with Crippen molar-refractivity contribution in [2.75, 3.05) is 28.4 Å². The summed E-state index contributed by atoms with van der Waals surface area (Å²) in [6.07, 6.45) is 3.53. The van der Waals surface area contributed by atoms with Crippen LogP contribution in [0.25, 0.3) is 12.2 Å². The maximum Gasteiger partial charge on any atom is 0.524 e. The third kappa shape index (κ3) is 7.02. The molecule has 8 nitrogen and oxygen atoms in total. The van der Waals surface area contributed by atoms with E-state index in [1.165, 1.54) is 34.5 Å². The summed E-state index contributed by atoms with van der Waals surface area (Å²) >= 11 is 0. The molecule has 0 amide bonds. The van der Waals surface area contributed by atoms with Crippen molar-refractivity contribution in [3.8, 4) is 28.7 Å². The Morgan fingerprint density at radius 3 is 1.66 bits per heavy atom. The Balaban J connectivity index is 0.00000204. The molecule has 0 saturated carbocycles. The molecule has 0 radical (unpaired) electrons. The molecule has 9 heteroatoms. The average molecular weight is 426 g/mol. The summed E-state index contributed by atoms with van der Waals surface area (Å²) in [4.78, 5) is 18.1. The minimum atomic E-state index is -4.71. The SMILES string of the molecule is CC.COc1ccc(/C=C\c2cc(OC)c(OC)c(OC)c2)cc1OP(=O)(O)O. The normalized spacial score (nSPS) is 10.8. The monoisotopic (exact) mass is 426 g/mol. The van der Waals surface area contributed by atoms with E-state index in [9.17, 15) is 4.57 Å². The maximum absolute atomic E-state index is 11.1. The second kappa shape index (κ2) is 11.4. The topological polar surface area (TPSA) is 104 Å². The van der Waals surface area contributed by atoms with Gasteiger partial charge in [-0.3, -0.25) is 9.79 Å². The van der Waals surface area contributed by atoms with Crippen LogP contribution < -0.4 is 23.5 Å². The van der Waals surface area contributed by atoms with Gasteiger partial charge in [-0.05, 0) is 35.4 Å². The van der Waals surface area contributed by atoms with E-state index < -0.39 is 7.82 Å². The van der Waals surface area contributed by atoms with E-state index in [4.69, 9.17) is 28.7 Å². The molecule has 2 aromatic carbocycles. The molecule has 0 aromatic heterocycles. The first kappa shape index (κ1) is 24.4. The Kier molecular flexibility index (Phi) is 9.55.